The Morgan fingerprint density at radius 3 is 2.60 bits per heavy atom. The molecule has 8 nitrogen and oxygen atoms in total. The molecule has 3 aromatic rings. The first-order valence-corrected chi connectivity index (χ1v) is 13.0. The molecule has 0 spiro atoms. The molecule has 0 saturated carbocycles. The van der Waals surface area contributed by atoms with Crippen molar-refractivity contribution in [2.24, 2.45) is 0 Å². The molecule has 35 heavy (non-hydrogen) atoms. The van der Waals surface area contributed by atoms with Crippen LogP contribution in [0.3, 0.4) is 0 Å². The van der Waals surface area contributed by atoms with E-state index in [2.05, 4.69) is 26.7 Å². The van der Waals surface area contributed by atoms with Crippen molar-refractivity contribution in [3.63, 3.8) is 0 Å². The van der Waals surface area contributed by atoms with Gasteiger partial charge in [0.15, 0.2) is 6.29 Å². The van der Waals surface area contributed by atoms with Crippen molar-refractivity contribution in [1.82, 2.24) is 19.8 Å². The lowest BCUT2D eigenvalue weighted by molar-refractivity contribution is -0.217. The van der Waals surface area contributed by atoms with Crippen LogP contribution < -0.4 is 10.9 Å². The molecule has 1 unspecified atom stereocenters. The number of nitrogens with one attached hydrogen (secondary N) is 2. The molecular formula is C26H34N4O4S. The third kappa shape index (κ3) is 5.04. The van der Waals surface area contributed by atoms with E-state index >= 15 is 0 Å². The first-order valence-electron chi connectivity index (χ1n) is 11.8. The number of hydrogen-bond donors (Lipinski definition) is 2. The molecule has 1 fully saturated rings. The average Bonchev–Trinajstić information content (AvgIpc) is 3.14. The van der Waals surface area contributed by atoms with Gasteiger partial charge in [-0.15, -0.1) is 11.8 Å². The Morgan fingerprint density at radius 1 is 1.26 bits per heavy atom. The second kappa shape index (κ2) is 10.6. The van der Waals surface area contributed by atoms with E-state index in [1.807, 2.05) is 64.5 Å². The minimum absolute atomic E-state index is 0.132. The van der Waals surface area contributed by atoms with Gasteiger partial charge in [0.25, 0.3) is 11.5 Å². The summed E-state index contributed by atoms with van der Waals surface area (Å²) in [6.45, 7) is 7.19. The van der Waals surface area contributed by atoms with E-state index in [4.69, 9.17) is 9.47 Å². The second-order valence-electron chi connectivity index (χ2n) is 9.25. The van der Waals surface area contributed by atoms with Crippen molar-refractivity contribution in [1.29, 1.82) is 0 Å². The maximum absolute atomic E-state index is 13.4. The van der Waals surface area contributed by atoms with Crippen LogP contribution in [0, 0.1) is 13.8 Å². The highest BCUT2D eigenvalue weighted by Gasteiger charge is 2.31. The average molecular weight is 499 g/mol. The number of hydrogen-bond acceptors (Lipinski definition) is 6. The number of likely N-dealkylation sites (N-methyl/N-ethyl adjacent to an activating group) is 1. The number of amides is 1. The highest BCUT2D eigenvalue weighted by Crippen LogP contribution is 2.32. The van der Waals surface area contributed by atoms with Crippen LogP contribution >= 0.6 is 11.8 Å². The van der Waals surface area contributed by atoms with Crippen LogP contribution in [0.1, 0.15) is 40.3 Å². The molecule has 4 rings (SSSR count). The van der Waals surface area contributed by atoms with Crippen LogP contribution in [0.25, 0.3) is 10.9 Å². The quantitative estimate of drug-likeness (QED) is 0.485. The summed E-state index contributed by atoms with van der Waals surface area (Å²) in [4.78, 5) is 31.8. The highest BCUT2D eigenvalue weighted by molar-refractivity contribution is 7.98. The van der Waals surface area contributed by atoms with Crippen LogP contribution in [0.15, 0.2) is 40.0 Å². The number of nitrogens with zero attached hydrogens (tertiary/aromatic N) is 2. The summed E-state index contributed by atoms with van der Waals surface area (Å²) in [5, 5.41) is 3.84. The van der Waals surface area contributed by atoms with Crippen LogP contribution in [-0.4, -0.2) is 66.3 Å². The predicted molar refractivity (Wildman–Crippen MR) is 139 cm³/mol. The molecule has 2 N–H and O–H groups in total. The number of benzene rings is 1. The molecule has 0 radical (unpaired) electrons. The van der Waals surface area contributed by atoms with Crippen LogP contribution in [-0.2, 0) is 16.0 Å². The third-order valence-corrected chi connectivity index (χ3v) is 7.50. The molecule has 1 aliphatic rings. The summed E-state index contributed by atoms with van der Waals surface area (Å²) in [5.41, 5.74) is 3.56. The Morgan fingerprint density at radius 2 is 1.94 bits per heavy atom. The van der Waals surface area contributed by atoms with E-state index < -0.39 is 6.29 Å². The third-order valence-electron chi connectivity index (χ3n) is 6.70. The number of ether oxygens (including phenoxy) is 2. The number of aromatic nitrogens is 2. The number of rotatable bonds is 7. The molecule has 1 atom stereocenters. The molecule has 1 amide bonds. The summed E-state index contributed by atoms with van der Waals surface area (Å²) >= 11 is 1.50. The summed E-state index contributed by atoms with van der Waals surface area (Å²) < 4.78 is 14.3. The van der Waals surface area contributed by atoms with E-state index in [1.165, 1.54) is 11.8 Å². The smallest absolute Gasteiger partial charge is 0.254 e. The molecule has 9 heteroatoms. The normalized spacial score (nSPS) is 19.3. The van der Waals surface area contributed by atoms with E-state index in [-0.39, 0.29) is 30.1 Å². The van der Waals surface area contributed by atoms with Crippen molar-refractivity contribution in [2.45, 2.75) is 50.6 Å². The van der Waals surface area contributed by atoms with Gasteiger partial charge in [0.1, 0.15) is 0 Å². The zero-order chi connectivity index (χ0) is 25.3. The summed E-state index contributed by atoms with van der Waals surface area (Å²) in [5.74, 6) is -0.213. The van der Waals surface area contributed by atoms with E-state index in [0.29, 0.717) is 24.3 Å². The first kappa shape index (κ1) is 25.5. The van der Waals surface area contributed by atoms with Crippen molar-refractivity contribution >= 4 is 28.6 Å². The number of fused-ring (bicyclic) bond motifs is 1. The number of pyridine rings is 1. The molecular weight excluding hydrogens is 464 g/mol. The van der Waals surface area contributed by atoms with Gasteiger partial charge >= 0.3 is 0 Å². The standard InChI is InChI=1S/C26H34N4O4S/c1-15-11-22(35-6)20(24(31)28-15)12-27-25(32)23-16(2)30(21-10-8-7-9-19(21)23)17(3)26-33-13-18(14-34-26)29(4)5/h7-11,17-18,26H,12-14H2,1-6H3,(H,27,32)(H,28,31). The second-order valence-corrected chi connectivity index (χ2v) is 10.1. The lowest BCUT2D eigenvalue weighted by atomic mass is 10.1. The molecule has 188 valence electrons. The van der Waals surface area contributed by atoms with Gasteiger partial charge < -0.3 is 29.2 Å². The molecule has 0 bridgehead atoms. The topological polar surface area (TPSA) is 88.6 Å². The van der Waals surface area contributed by atoms with Gasteiger partial charge in [-0.1, -0.05) is 18.2 Å². The maximum atomic E-state index is 13.4. The fourth-order valence-electron chi connectivity index (χ4n) is 4.70. The van der Waals surface area contributed by atoms with Gasteiger partial charge in [0.2, 0.25) is 0 Å². The van der Waals surface area contributed by atoms with Crippen LogP contribution in [0.4, 0.5) is 0 Å². The fourth-order valence-corrected chi connectivity index (χ4v) is 5.41. The number of aryl methyl sites for hydroxylation is 1. The highest BCUT2D eigenvalue weighted by atomic mass is 32.2. The molecule has 3 heterocycles. The first-order chi connectivity index (χ1) is 16.7. The Kier molecular flexibility index (Phi) is 7.70. The molecule has 1 aromatic carbocycles. The van der Waals surface area contributed by atoms with Crippen molar-refractivity contribution < 1.29 is 14.3 Å². The lowest BCUT2D eigenvalue weighted by Crippen LogP contribution is -2.46. The molecule has 1 aliphatic heterocycles. The van der Waals surface area contributed by atoms with Gasteiger partial charge in [0.05, 0.1) is 30.9 Å². The number of aromatic amines is 1. The minimum Gasteiger partial charge on any atom is -0.349 e. The fraction of sp³-hybridized carbons (Fsp3) is 0.462. The van der Waals surface area contributed by atoms with Crippen molar-refractivity contribution in [3.8, 4) is 0 Å². The Labute approximate surface area is 210 Å². The number of H-pyrrole nitrogens is 1. The Balaban J connectivity index is 1.62. The van der Waals surface area contributed by atoms with Gasteiger partial charge in [-0.3, -0.25) is 9.59 Å². The number of carbonyl (C=O) groups excluding carboxylic acids is 1. The molecule has 1 saturated heterocycles. The van der Waals surface area contributed by atoms with Crippen LogP contribution in [0.5, 0.6) is 0 Å². The van der Waals surface area contributed by atoms with Gasteiger partial charge in [-0.2, -0.15) is 0 Å². The predicted octanol–water partition coefficient (Wildman–Crippen LogP) is 3.46. The number of carbonyl (C=O) groups is 1. The molecule has 0 aliphatic carbocycles. The zero-order valence-corrected chi connectivity index (χ0v) is 22.0. The SMILES string of the molecule is CSc1cc(C)[nH]c(=O)c1CNC(=O)c1c(C)n(C(C)C2OCC(N(C)C)CO2)c2ccccc12. The lowest BCUT2D eigenvalue weighted by Gasteiger charge is -2.36. The zero-order valence-electron chi connectivity index (χ0n) is 21.2. The molecule has 2 aromatic heterocycles. The van der Waals surface area contributed by atoms with Gasteiger partial charge in [-0.05, 0) is 53.3 Å². The van der Waals surface area contributed by atoms with Gasteiger partial charge in [0, 0.05) is 39.3 Å². The minimum atomic E-state index is -0.410. The van der Waals surface area contributed by atoms with E-state index in [0.717, 1.165) is 27.2 Å². The van der Waals surface area contributed by atoms with Crippen LogP contribution in [0.2, 0.25) is 0 Å². The largest absolute Gasteiger partial charge is 0.349 e. The monoisotopic (exact) mass is 498 g/mol. The number of para-hydroxylation sites is 1. The van der Waals surface area contributed by atoms with E-state index in [1.54, 1.807) is 0 Å². The maximum Gasteiger partial charge on any atom is 0.254 e. The summed E-state index contributed by atoms with van der Waals surface area (Å²) in [6, 6.07) is 9.88. The summed E-state index contributed by atoms with van der Waals surface area (Å²) in [7, 11) is 4.03. The summed E-state index contributed by atoms with van der Waals surface area (Å²) in [6.07, 6.45) is 1.52. The van der Waals surface area contributed by atoms with Crippen molar-refractivity contribution in [2.75, 3.05) is 33.6 Å². The van der Waals surface area contributed by atoms with E-state index in [9.17, 15) is 9.59 Å². The Bertz CT molecular complexity index is 1270. The number of thioether (sulfide) groups is 1. The van der Waals surface area contributed by atoms with Crippen molar-refractivity contribution in [3.05, 3.63) is 63.2 Å². The Hall–Kier alpha value is -2.59. The van der Waals surface area contributed by atoms with Gasteiger partial charge in [-0.25, -0.2) is 0 Å².